The van der Waals surface area contributed by atoms with Gasteiger partial charge in [-0.05, 0) is 24.2 Å². The first-order valence-corrected chi connectivity index (χ1v) is 4.39. The molecule has 0 fully saturated rings. The van der Waals surface area contributed by atoms with Crippen LogP contribution in [-0.4, -0.2) is 11.1 Å². The molecule has 0 saturated carbocycles. The topological polar surface area (TPSA) is 37.3 Å². The van der Waals surface area contributed by atoms with E-state index in [9.17, 15) is 4.79 Å². The first-order valence-electron chi connectivity index (χ1n) is 4.39. The summed E-state index contributed by atoms with van der Waals surface area (Å²) in [5, 5.41) is 8.61. The van der Waals surface area contributed by atoms with Crippen LogP contribution in [0.25, 0.3) is 0 Å². The molecule has 0 radical (unpaired) electrons. The second-order valence-corrected chi connectivity index (χ2v) is 4.29. The van der Waals surface area contributed by atoms with Crippen LogP contribution < -0.4 is 0 Å². The number of aliphatic carboxylic acids is 1. The molecular formula is C10H16O2. The number of hydrogen-bond acceptors (Lipinski definition) is 1. The van der Waals surface area contributed by atoms with Gasteiger partial charge in [0.1, 0.15) is 0 Å². The monoisotopic (exact) mass is 168 g/mol. The number of carbonyl (C=O) groups is 1. The summed E-state index contributed by atoms with van der Waals surface area (Å²) < 4.78 is 0. The van der Waals surface area contributed by atoms with Crippen LogP contribution in [0.4, 0.5) is 0 Å². The molecule has 68 valence electrons. The summed E-state index contributed by atoms with van der Waals surface area (Å²) in [7, 11) is 0. The molecule has 0 saturated heterocycles. The van der Waals surface area contributed by atoms with Crippen LogP contribution in [0.15, 0.2) is 12.2 Å². The minimum atomic E-state index is -0.675. The van der Waals surface area contributed by atoms with E-state index in [1.165, 1.54) is 0 Å². The molecule has 1 unspecified atom stereocenters. The van der Waals surface area contributed by atoms with Gasteiger partial charge in [-0.3, -0.25) is 4.79 Å². The van der Waals surface area contributed by atoms with Crippen LogP contribution in [0.1, 0.15) is 33.1 Å². The summed E-state index contributed by atoms with van der Waals surface area (Å²) >= 11 is 0. The lowest BCUT2D eigenvalue weighted by Crippen LogP contribution is -2.20. The zero-order chi connectivity index (χ0) is 9.19. The molecular weight excluding hydrogens is 152 g/mol. The molecule has 1 aliphatic rings. The highest BCUT2D eigenvalue weighted by Crippen LogP contribution is 2.34. The molecule has 0 heterocycles. The fourth-order valence-corrected chi connectivity index (χ4v) is 1.88. The largest absolute Gasteiger partial charge is 0.481 e. The van der Waals surface area contributed by atoms with E-state index in [1.807, 2.05) is 0 Å². The lowest BCUT2D eigenvalue weighted by molar-refractivity contribution is -0.138. The average molecular weight is 168 g/mol. The van der Waals surface area contributed by atoms with Crippen molar-refractivity contribution in [1.82, 2.24) is 0 Å². The Kier molecular flexibility index (Phi) is 2.55. The SMILES string of the molecule is CC1(C)C=CCC(CC(=O)O)C1. The van der Waals surface area contributed by atoms with Crippen LogP contribution in [0.2, 0.25) is 0 Å². The molecule has 0 aliphatic heterocycles. The van der Waals surface area contributed by atoms with Gasteiger partial charge < -0.3 is 5.11 Å². The van der Waals surface area contributed by atoms with Crippen molar-refractivity contribution in [3.63, 3.8) is 0 Å². The first kappa shape index (κ1) is 9.30. The van der Waals surface area contributed by atoms with Crippen LogP contribution in [0.3, 0.4) is 0 Å². The normalized spacial score (nSPS) is 27.0. The maximum absolute atomic E-state index is 10.5. The predicted octanol–water partition coefficient (Wildman–Crippen LogP) is 2.45. The van der Waals surface area contributed by atoms with Crippen LogP contribution in [-0.2, 0) is 4.79 Å². The quantitative estimate of drug-likeness (QED) is 0.643. The Balaban J connectivity index is 2.51. The Morgan fingerprint density at radius 2 is 2.33 bits per heavy atom. The van der Waals surface area contributed by atoms with Gasteiger partial charge in [0.25, 0.3) is 0 Å². The molecule has 1 N–H and O–H groups in total. The van der Waals surface area contributed by atoms with Gasteiger partial charge in [-0.1, -0.05) is 26.0 Å². The van der Waals surface area contributed by atoms with Crippen molar-refractivity contribution in [2.75, 3.05) is 0 Å². The second-order valence-electron chi connectivity index (χ2n) is 4.29. The Hall–Kier alpha value is -0.790. The molecule has 1 aliphatic carbocycles. The molecule has 0 aromatic rings. The van der Waals surface area contributed by atoms with Gasteiger partial charge >= 0.3 is 5.97 Å². The highest BCUT2D eigenvalue weighted by Gasteiger charge is 2.25. The number of carboxylic acid groups (broad SMARTS) is 1. The van der Waals surface area contributed by atoms with Gasteiger partial charge in [0.05, 0.1) is 0 Å². The van der Waals surface area contributed by atoms with E-state index >= 15 is 0 Å². The standard InChI is InChI=1S/C10H16O2/c1-10(2)5-3-4-8(7-10)6-9(11)12/h3,5,8H,4,6-7H2,1-2H3,(H,11,12). The van der Waals surface area contributed by atoms with E-state index in [4.69, 9.17) is 5.11 Å². The fraction of sp³-hybridized carbons (Fsp3) is 0.700. The Bertz CT molecular complexity index is 204. The van der Waals surface area contributed by atoms with Crippen molar-refractivity contribution in [3.8, 4) is 0 Å². The maximum Gasteiger partial charge on any atom is 0.303 e. The molecule has 0 bridgehead atoms. The molecule has 12 heavy (non-hydrogen) atoms. The lowest BCUT2D eigenvalue weighted by atomic mass is 9.76. The van der Waals surface area contributed by atoms with E-state index in [-0.39, 0.29) is 5.41 Å². The minimum absolute atomic E-state index is 0.193. The highest BCUT2D eigenvalue weighted by molar-refractivity contribution is 5.67. The third kappa shape index (κ3) is 2.68. The number of allylic oxidation sites excluding steroid dienone is 2. The number of carboxylic acids is 1. The zero-order valence-corrected chi connectivity index (χ0v) is 7.71. The Morgan fingerprint density at radius 3 is 2.83 bits per heavy atom. The Labute approximate surface area is 73.3 Å². The summed E-state index contributed by atoms with van der Waals surface area (Å²) in [6.07, 6.45) is 6.53. The van der Waals surface area contributed by atoms with Crippen molar-refractivity contribution in [2.24, 2.45) is 11.3 Å². The first-order chi connectivity index (χ1) is 5.49. The molecule has 0 amide bonds. The smallest absolute Gasteiger partial charge is 0.303 e. The van der Waals surface area contributed by atoms with Crippen LogP contribution in [0.5, 0.6) is 0 Å². The zero-order valence-electron chi connectivity index (χ0n) is 7.71. The van der Waals surface area contributed by atoms with Crippen LogP contribution in [0, 0.1) is 11.3 Å². The molecule has 1 atom stereocenters. The number of rotatable bonds is 2. The van der Waals surface area contributed by atoms with Gasteiger partial charge in [0.15, 0.2) is 0 Å². The summed E-state index contributed by atoms with van der Waals surface area (Å²) in [5.74, 6) is -0.339. The lowest BCUT2D eigenvalue weighted by Gasteiger charge is -2.29. The van der Waals surface area contributed by atoms with Gasteiger partial charge in [0.2, 0.25) is 0 Å². The van der Waals surface area contributed by atoms with E-state index in [0.29, 0.717) is 12.3 Å². The predicted molar refractivity (Wildman–Crippen MR) is 47.9 cm³/mol. The molecule has 0 aromatic carbocycles. The minimum Gasteiger partial charge on any atom is -0.481 e. The van der Waals surface area contributed by atoms with Gasteiger partial charge in [0, 0.05) is 6.42 Å². The van der Waals surface area contributed by atoms with Crippen LogP contribution >= 0.6 is 0 Å². The van der Waals surface area contributed by atoms with E-state index in [1.54, 1.807) is 0 Å². The summed E-state index contributed by atoms with van der Waals surface area (Å²) in [5.41, 5.74) is 0.193. The van der Waals surface area contributed by atoms with Gasteiger partial charge in [-0.2, -0.15) is 0 Å². The summed E-state index contributed by atoms with van der Waals surface area (Å²) in [4.78, 5) is 10.5. The summed E-state index contributed by atoms with van der Waals surface area (Å²) in [6, 6.07) is 0. The van der Waals surface area contributed by atoms with E-state index < -0.39 is 5.97 Å². The third-order valence-electron chi connectivity index (χ3n) is 2.32. The highest BCUT2D eigenvalue weighted by atomic mass is 16.4. The third-order valence-corrected chi connectivity index (χ3v) is 2.32. The van der Waals surface area contributed by atoms with Gasteiger partial charge in [-0.25, -0.2) is 0 Å². The molecule has 0 aromatic heterocycles. The maximum atomic E-state index is 10.5. The molecule has 1 rings (SSSR count). The molecule has 0 spiro atoms. The fourth-order valence-electron chi connectivity index (χ4n) is 1.88. The second kappa shape index (κ2) is 3.30. The van der Waals surface area contributed by atoms with Crippen molar-refractivity contribution < 1.29 is 9.90 Å². The summed E-state index contributed by atoms with van der Waals surface area (Å²) in [6.45, 7) is 4.30. The average Bonchev–Trinajstić information content (AvgIpc) is 1.82. The van der Waals surface area contributed by atoms with Crippen molar-refractivity contribution in [3.05, 3.63) is 12.2 Å². The molecule has 2 heteroatoms. The van der Waals surface area contributed by atoms with Crippen molar-refractivity contribution >= 4 is 5.97 Å². The van der Waals surface area contributed by atoms with E-state index in [2.05, 4.69) is 26.0 Å². The molecule has 2 nitrogen and oxygen atoms in total. The van der Waals surface area contributed by atoms with Crippen molar-refractivity contribution in [2.45, 2.75) is 33.1 Å². The van der Waals surface area contributed by atoms with Crippen molar-refractivity contribution in [1.29, 1.82) is 0 Å². The number of hydrogen-bond donors (Lipinski definition) is 1. The van der Waals surface area contributed by atoms with E-state index in [0.717, 1.165) is 12.8 Å². The van der Waals surface area contributed by atoms with Gasteiger partial charge in [-0.15, -0.1) is 0 Å². The Morgan fingerprint density at radius 1 is 1.67 bits per heavy atom.